The molecule has 0 unspecified atom stereocenters. The number of hydrogen-bond donors (Lipinski definition) is 1. The molecule has 0 radical (unpaired) electrons. The number of nitrogens with zero attached hydrogens (tertiary/aromatic N) is 1. The van der Waals surface area contributed by atoms with E-state index >= 15 is 0 Å². The van der Waals surface area contributed by atoms with Crippen LogP contribution < -0.4 is 0 Å². The monoisotopic (exact) mass is 282 g/mol. The van der Waals surface area contributed by atoms with Crippen LogP contribution in [0.1, 0.15) is 37.1 Å². The van der Waals surface area contributed by atoms with Gasteiger partial charge in [0.2, 0.25) is 0 Å². The van der Waals surface area contributed by atoms with Crippen LogP contribution in [0.15, 0.2) is 24.3 Å². The highest BCUT2D eigenvalue weighted by molar-refractivity contribution is 5.85. The van der Waals surface area contributed by atoms with Crippen LogP contribution in [-0.4, -0.2) is 29.3 Å². The summed E-state index contributed by atoms with van der Waals surface area (Å²) in [4.78, 5) is 17.8. The summed E-state index contributed by atoms with van der Waals surface area (Å²) in [5.74, 6) is 0.804. The van der Waals surface area contributed by atoms with Crippen LogP contribution in [-0.2, 0) is 11.2 Å². The van der Waals surface area contributed by atoms with Gasteiger partial charge in [0.25, 0.3) is 0 Å². The molecule has 0 aliphatic carbocycles. The maximum atomic E-state index is 11.7. The predicted octanol–water partition coefficient (Wildman–Crippen LogP) is 3.31. The molecule has 1 fully saturated rings. The number of aldehydes is 1. The molecule has 2 aliphatic rings. The summed E-state index contributed by atoms with van der Waals surface area (Å²) in [6.45, 7) is 4.46. The van der Waals surface area contributed by atoms with Gasteiger partial charge in [0.15, 0.2) is 0 Å². The third kappa shape index (κ3) is 1.95. The summed E-state index contributed by atoms with van der Waals surface area (Å²) in [6.07, 6.45) is 4.50. The summed E-state index contributed by atoms with van der Waals surface area (Å²) >= 11 is 0. The second kappa shape index (κ2) is 4.99. The highest BCUT2D eigenvalue weighted by Crippen LogP contribution is 2.43. The van der Waals surface area contributed by atoms with E-state index in [2.05, 4.69) is 41.1 Å². The topological polar surface area (TPSA) is 36.1 Å². The van der Waals surface area contributed by atoms with Gasteiger partial charge in [0, 0.05) is 35.6 Å². The molecule has 3 nitrogen and oxygen atoms in total. The van der Waals surface area contributed by atoms with Crippen LogP contribution >= 0.6 is 0 Å². The largest absolute Gasteiger partial charge is 0.357 e. The quantitative estimate of drug-likeness (QED) is 0.858. The zero-order valence-electron chi connectivity index (χ0n) is 12.5. The molecule has 1 aromatic carbocycles. The predicted molar refractivity (Wildman–Crippen MR) is 84.3 cm³/mol. The van der Waals surface area contributed by atoms with Crippen LogP contribution in [0.5, 0.6) is 0 Å². The number of para-hydroxylation sites is 1. The average Bonchev–Trinajstić information content (AvgIpc) is 2.92. The van der Waals surface area contributed by atoms with E-state index in [1.165, 1.54) is 34.9 Å². The minimum atomic E-state index is 0.135. The van der Waals surface area contributed by atoms with Gasteiger partial charge in [-0.1, -0.05) is 31.5 Å². The number of carbonyl (C=O) groups is 1. The number of H-pyrrole nitrogens is 1. The van der Waals surface area contributed by atoms with Crippen molar-refractivity contribution < 1.29 is 4.79 Å². The Balaban J connectivity index is 1.81. The fourth-order valence-corrected chi connectivity index (χ4v) is 4.36. The summed E-state index contributed by atoms with van der Waals surface area (Å²) in [6, 6.07) is 8.79. The van der Waals surface area contributed by atoms with Gasteiger partial charge in [-0.3, -0.25) is 4.90 Å². The van der Waals surface area contributed by atoms with Crippen molar-refractivity contribution in [3.63, 3.8) is 0 Å². The van der Waals surface area contributed by atoms with Gasteiger partial charge in [-0.15, -0.1) is 0 Å². The van der Waals surface area contributed by atoms with Crippen molar-refractivity contribution in [2.24, 2.45) is 11.8 Å². The van der Waals surface area contributed by atoms with Crippen molar-refractivity contribution in [1.82, 2.24) is 9.88 Å². The summed E-state index contributed by atoms with van der Waals surface area (Å²) < 4.78 is 0. The lowest BCUT2D eigenvalue weighted by Gasteiger charge is -2.45. The van der Waals surface area contributed by atoms with E-state index in [1.54, 1.807) is 0 Å². The molecule has 1 saturated heterocycles. The highest BCUT2D eigenvalue weighted by atomic mass is 16.1. The van der Waals surface area contributed by atoms with Gasteiger partial charge in [0.1, 0.15) is 6.29 Å². The molecule has 3 heterocycles. The second-order valence-electron chi connectivity index (χ2n) is 6.56. The first-order valence-corrected chi connectivity index (χ1v) is 8.10. The zero-order valence-corrected chi connectivity index (χ0v) is 12.5. The molecule has 0 bridgehead atoms. The minimum Gasteiger partial charge on any atom is -0.357 e. The van der Waals surface area contributed by atoms with Crippen LogP contribution in [0.4, 0.5) is 0 Å². The van der Waals surface area contributed by atoms with Crippen molar-refractivity contribution in [2.45, 2.75) is 32.2 Å². The standard InChI is InChI=1S/C18H22N2O/c1-2-12-9-13(11-21)18-17-15(7-8-20(18)10-12)14-5-3-4-6-16(14)19-17/h3-6,11-13,18-19H,2,7-10H2,1H3/t12-,13-,18-/m1/s1. The number of nitrogens with one attached hydrogen (secondary N) is 1. The fourth-order valence-electron chi connectivity index (χ4n) is 4.36. The molecular formula is C18H22N2O. The number of aromatic amines is 1. The van der Waals surface area contributed by atoms with Gasteiger partial charge < -0.3 is 9.78 Å². The van der Waals surface area contributed by atoms with E-state index in [9.17, 15) is 4.79 Å². The van der Waals surface area contributed by atoms with Gasteiger partial charge in [0.05, 0.1) is 6.04 Å². The molecular weight excluding hydrogens is 260 g/mol. The lowest BCUT2D eigenvalue weighted by molar-refractivity contribution is -0.116. The van der Waals surface area contributed by atoms with E-state index in [0.717, 1.165) is 25.9 Å². The highest BCUT2D eigenvalue weighted by Gasteiger charge is 2.40. The second-order valence-corrected chi connectivity index (χ2v) is 6.56. The summed E-state index contributed by atoms with van der Waals surface area (Å²) in [7, 11) is 0. The van der Waals surface area contributed by atoms with Crippen LogP contribution in [0.25, 0.3) is 10.9 Å². The Kier molecular flexibility index (Phi) is 3.11. The molecule has 21 heavy (non-hydrogen) atoms. The number of aromatic nitrogens is 1. The number of piperidine rings is 1. The molecule has 0 amide bonds. The maximum absolute atomic E-state index is 11.7. The first-order valence-electron chi connectivity index (χ1n) is 8.10. The molecule has 0 saturated carbocycles. The Morgan fingerprint density at radius 1 is 1.38 bits per heavy atom. The molecule has 3 heteroatoms. The third-order valence-electron chi connectivity index (χ3n) is 5.44. The molecule has 2 aliphatic heterocycles. The first kappa shape index (κ1) is 13.1. The van der Waals surface area contributed by atoms with Crippen molar-refractivity contribution in [2.75, 3.05) is 13.1 Å². The smallest absolute Gasteiger partial charge is 0.125 e. The van der Waals surface area contributed by atoms with E-state index in [0.29, 0.717) is 5.92 Å². The fraction of sp³-hybridized carbons (Fsp3) is 0.500. The van der Waals surface area contributed by atoms with Gasteiger partial charge in [-0.05, 0) is 30.4 Å². The van der Waals surface area contributed by atoms with Crippen LogP contribution in [0.2, 0.25) is 0 Å². The third-order valence-corrected chi connectivity index (χ3v) is 5.44. The molecule has 1 N–H and O–H groups in total. The first-order chi connectivity index (χ1) is 10.3. The van der Waals surface area contributed by atoms with Crippen molar-refractivity contribution in [1.29, 1.82) is 0 Å². The van der Waals surface area contributed by atoms with Gasteiger partial charge in [-0.2, -0.15) is 0 Å². The maximum Gasteiger partial charge on any atom is 0.125 e. The molecule has 0 spiro atoms. The van der Waals surface area contributed by atoms with Crippen molar-refractivity contribution in [3.05, 3.63) is 35.5 Å². The van der Waals surface area contributed by atoms with E-state index in [1.807, 2.05) is 0 Å². The Bertz CT molecular complexity index is 675. The number of fused-ring (bicyclic) bond motifs is 5. The van der Waals surface area contributed by atoms with Crippen molar-refractivity contribution >= 4 is 17.2 Å². The van der Waals surface area contributed by atoms with Crippen LogP contribution in [0, 0.1) is 11.8 Å². The number of benzene rings is 1. The lowest BCUT2D eigenvalue weighted by atomic mass is 9.78. The molecule has 110 valence electrons. The molecule has 1 aromatic heterocycles. The number of carbonyl (C=O) groups excluding carboxylic acids is 1. The van der Waals surface area contributed by atoms with Crippen LogP contribution in [0.3, 0.4) is 0 Å². The minimum absolute atomic E-state index is 0.135. The van der Waals surface area contributed by atoms with E-state index < -0.39 is 0 Å². The normalized spacial score (nSPS) is 29.1. The Hall–Kier alpha value is -1.61. The molecule has 2 aromatic rings. The van der Waals surface area contributed by atoms with Gasteiger partial charge >= 0.3 is 0 Å². The molecule has 4 rings (SSSR count). The van der Waals surface area contributed by atoms with Gasteiger partial charge in [-0.25, -0.2) is 0 Å². The Morgan fingerprint density at radius 2 is 2.24 bits per heavy atom. The van der Waals surface area contributed by atoms with E-state index in [-0.39, 0.29) is 12.0 Å². The SMILES string of the molecule is CC[C@@H]1C[C@H](C=O)[C@@H]2c3[nH]c4ccccc4c3CCN2C1. The lowest BCUT2D eigenvalue weighted by Crippen LogP contribution is -2.47. The number of rotatable bonds is 2. The van der Waals surface area contributed by atoms with Crippen molar-refractivity contribution in [3.8, 4) is 0 Å². The summed E-state index contributed by atoms with van der Waals surface area (Å²) in [5, 5.41) is 1.34. The Morgan fingerprint density at radius 3 is 3.05 bits per heavy atom. The van der Waals surface area contributed by atoms with E-state index in [4.69, 9.17) is 0 Å². The Labute approximate surface area is 125 Å². The molecule has 3 atom stereocenters. The summed E-state index contributed by atoms with van der Waals surface area (Å²) in [5.41, 5.74) is 3.95. The zero-order chi connectivity index (χ0) is 14.4. The average molecular weight is 282 g/mol. The number of hydrogen-bond acceptors (Lipinski definition) is 2.